The fraction of sp³-hybridized carbons (Fsp3) is 0.667. The Morgan fingerprint density at radius 2 is 2.46 bits per heavy atom. The fourth-order valence-corrected chi connectivity index (χ4v) is 2.30. The highest BCUT2D eigenvalue weighted by atomic mass is 15.2. The lowest BCUT2D eigenvalue weighted by Crippen LogP contribution is -2.23. The Morgan fingerprint density at radius 1 is 1.54 bits per heavy atom. The summed E-state index contributed by atoms with van der Waals surface area (Å²) in [5.74, 6) is 2.31. The quantitative estimate of drug-likeness (QED) is 0.613. The minimum absolute atomic E-state index is 0.154. The maximum Gasteiger partial charge on any atom is 0.129 e. The summed E-state index contributed by atoms with van der Waals surface area (Å²) in [6.07, 6.45) is 3.32. The number of nitrogens with two attached hydrogens (primary N) is 1. The van der Waals surface area contributed by atoms with E-state index in [1.165, 1.54) is 17.9 Å². The van der Waals surface area contributed by atoms with Crippen LogP contribution in [0.15, 0.2) is 0 Å². The number of imidazole rings is 1. The molecule has 0 spiro atoms. The summed E-state index contributed by atoms with van der Waals surface area (Å²) in [7, 11) is 0. The maximum atomic E-state index is 6.00. The number of aromatic nitrogens is 2. The van der Waals surface area contributed by atoms with Crippen molar-refractivity contribution in [2.24, 2.45) is 5.73 Å². The van der Waals surface area contributed by atoms with Crippen molar-refractivity contribution in [2.45, 2.75) is 31.8 Å². The smallest absolute Gasteiger partial charge is 0.129 e. The van der Waals surface area contributed by atoms with Gasteiger partial charge in [-0.25, -0.2) is 4.98 Å². The molecular weight excluding hydrogens is 164 g/mol. The molecule has 2 aliphatic heterocycles. The lowest BCUT2D eigenvalue weighted by atomic mass is 10.1. The SMILES string of the molecule is NC1CCCn2c1nc1c2NCC1. The van der Waals surface area contributed by atoms with Crippen molar-refractivity contribution < 1.29 is 0 Å². The molecule has 13 heavy (non-hydrogen) atoms. The zero-order valence-corrected chi connectivity index (χ0v) is 7.58. The van der Waals surface area contributed by atoms with Crippen molar-refractivity contribution in [3.63, 3.8) is 0 Å². The number of hydrogen-bond acceptors (Lipinski definition) is 3. The third-order valence-corrected chi connectivity index (χ3v) is 2.95. The number of fused-ring (bicyclic) bond motifs is 3. The molecule has 1 unspecified atom stereocenters. The van der Waals surface area contributed by atoms with Crippen LogP contribution in [0, 0.1) is 0 Å². The van der Waals surface area contributed by atoms with Crippen LogP contribution in [0.25, 0.3) is 0 Å². The average Bonchev–Trinajstić information content (AvgIpc) is 2.65. The molecule has 1 aromatic rings. The zero-order valence-electron chi connectivity index (χ0n) is 7.58. The predicted molar refractivity (Wildman–Crippen MR) is 50.6 cm³/mol. The molecule has 1 aromatic heterocycles. The number of hydrogen-bond donors (Lipinski definition) is 2. The van der Waals surface area contributed by atoms with Crippen molar-refractivity contribution in [1.82, 2.24) is 9.55 Å². The molecule has 3 N–H and O–H groups in total. The Bertz CT molecular complexity index is 342. The number of nitrogens with zero attached hydrogens (tertiary/aromatic N) is 2. The van der Waals surface area contributed by atoms with Gasteiger partial charge in [0.25, 0.3) is 0 Å². The van der Waals surface area contributed by atoms with E-state index in [0.29, 0.717) is 0 Å². The van der Waals surface area contributed by atoms with Crippen LogP contribution in [0.4, 0.5) is 5.82 Å². The molecule has 0 aromatic carbocycles. The van der Waals surface area contributed by atoms with Gasteiger partial charge in [-0.3, -0.25) is 0 Å². The van der Waals surface area contributed by atoms with Gasteiger partial charge in [0.15, 0.2) is 0 Å². The molecule has 2 aliphatic rings. The molecule has 3 heterocycles. The molecule has 0 radical (unpaired) electrons. The second-order valence-electron chi connectivity index (χ2n) is 3.84. The topological polar surface area (TPSA) is 55.9 Å². The van der Waals surface area contributed by atoms with Crippen LogP contribution in [0.1, 0.15) is 30.4 Å². The molecule has 4 nitrogen and oxygen atoms in total. The van der Waals surface area contributed by atoms with Crippen molar-refractivity contribution in [3.8, 4) is 0 Å². The maximum absolute atomic E-state index is 6.00. The summed E-state index contributed by atoms with van der Waals surface area (Å²) < 4.78 is 2.26. The molecule has 0 saturated heterocycles. The molecular formula is C9H14N4. The van der Waals surface area contributed by atoms with Crippen LogP contribution in [0.2, 0.25) is 0 Å². The third-order valence-electron chi connectivity index (χ3n) is 2.95. The van der Waals surface area contributed by atoms with E-state index in [2.05, 4.69) is 14.9 Å². The lowest BCUT2D eigenvalue weighted by molar-refractivity contribution is 0.453. The Morgan fingerprint density at radius 3 is 3.38 bits per heavy atom. The van der Waals surface area contributed by atoms with E-state index < -0.39 is 0 Å². The number of rotatable bonds is 0. The number of nitrogens with one attached hydrogen (secondary N) is 1. The fourth-order valence-electron chi connectivity index (χ4n) is 2.30. The summed E-state index contributed by atoms with van der Waals surface area (Å²) >= 11 is 0. The monoisotopic (exact) mass is 178 g/mol. The second-order valence-corrected chi connectivity index (χ2v) is 3.84. The minimum atomic E-state index is 0.154. The van der Waals surface area contributed by atoms with Crippen LogP contribution < -0.4 is 11.1 Å². The molecule has 3 rings (SSSR count). The van der Waals surface area contributed by atoms with E-state index in [0.717, 1.165) is 31.8 Å². The summed E-state index contributed by atoms with van der Waals surface area (Å²) in [5, 5.41) is 3.37. The Balaban J connectivity index is 2.14. The van der Waals surface area contributed by atoms with E-state index >= 15 is 0 Å². The highest BCUT2D eigenvalue weighted by Gasteiger charge is 2.26. The molecule has 0 fully saturated rings. The summed E-state index contributed by atoms with van der Waals surface area (Å²) in [5.41, 5.74) is 7.21. The first kappa shape index (κ1) is 7.38. The predicted octanol–water partition coefficient (Wildman–Crippen LogP) is 0.645. The normalized spacial score (nSPS) is 25.2. The Labute approximate surface area is 77.1 Å². The van der Waals surface area contributed by atoms with E-state index in [1.54, 1.807) is 0 Å². The first-order chi connectivity index (χ1) is 6.36. The lowest BCUT2D eigenvalue weighted by Gasteiger charge is -2.21. The molecule has 70 valence electrons. The first-order valence-electron chi connectivity index (χ1n) is 4.95. The van der Waals surface area contributed by atoms with Crippen LogP contribution in [-0.4, -0.2) is 16.1 Å². The summed E-state index contributed by atoms with van der Waals surface area (Å²) in [6, 6.07) is 0.154. The van der Waals surface area contributed by atoms with Gasteiger partial charge in [0, 0.05) is 19.5 Å². The largest absolute Gasteiger partial charge is 0.370 e. The van der Waals surface area contributed by atoms with E-state index in [-0.39, 0.29) is 6.04 Å². The van der Waals surface area contributed by atoms with E-state index in [4.69, 9.17) is 5.73 Å². The van der Waals surface area contributed by atoms with Crippen LogP contribution in [0.5, 0.6) is 0 Å². The summed E-state index contributed by atoms with van der Waals surface area (Å²) in [6.45, 7) is 2.12. The molecule has 4 heteroatoms. The van der Waals surface area contributed by atoms with Crippen molar-refractivity contribution in [3.05, 3.63) is 11.5 Å². The van der Waals surface area contributed by atoms with Gasteiger partial charge in [-0.1, -0.05) is 0 Å². The van der Waals surface area contributed by atoms with Crippen molar-refractivity contribution in [1.29, 1.82) is 0 Å². The summed E-state index contributed by atoms with van der Waals surface area (Å²) in [4.78, 5) is 4.59. The average molecular weight is 178 g/mol. The Hall–Kier alpha value is -1.03. The number of anilines is 1. The van der Waals surface area contributed by atoms with E-state index in [1.807, 2.05) is 0 Å². The van der Waals surface area contributed by atoms with Gasteiger partial charge in [0.05, 0.1) is 11.7 Å². The van der Waals surface area contributed by atoms with Gasteiger partial charge in [-0.05, 0) is 12.8 Å². The van der Waals surface area contributed by atoms with Crippen LogP contribution in [-0.2, 0) is 13.0 Å². The van der Waals surface area contributed by atoms with Crippen LogP contribution >= 0.6 is 0 Å². The zero-order chi connectivity index (χ0) is 8.84. The molecule has 1 atom stereocenters. The first-order valence-corrected chi connectivity index (χ1v) is 4.95. The highest BCUT2D eigenvalue weighted by molar-refractivity contribution is 5.48. The molecule has 0 aliphatic carbocycles. The van der Waals surface area contributed by atoms with Crippen molar-refractivity contribution in [2.75, 3.05) is 11.9 Å². The minimum Gasteiger partial charge on any atom is -0.370 e. The van der Waals surface area contributed by atoms with E-state index in [9.17, 15) is 0 Å². The van der Waals surface area contributed by atoms with Gasteiger partial charge >= 0.3 is 0 Å². The molecule has 0 amide bonds. The van der Waals surface area contributed by atoms with Gasteiger partial charge in [-0.15, -0.1) is 0 Å². The van der Waals surface area contributed by atoms with Crippen molar-refractivity contribution >= 4 is 5.82 Å². The molecule has 0 saturated carbocycles. The molecule has 0 bridgehead atoms. The Kier molecular flexibility index (Phi) is 1.41. The standard InChI is InChI=1S/C9H14N4/c10-6-2-1-5-13-8(6)12-7-3-4-11-9(7)13/h6,11H,1-5,10H2. The van der Waals surface area contributed by atoms with Gasteiger partial charge < -0.3 is 15.6 Å². The van der Waals surface area contributed by atoms with Gasteiger partial charge in [-0.2, -0.15) is 0 Å². The van der Waals surface area contributed by atoms with Gasteiger partial charge in [0.2, 0.25) is 0 Å². The van der Waals surface area contributed by atoms with Crippen LogP contribution in [0.3, 0.4) is 0 Å². The second kappa shape index (κ2) is 2.48. The highest BCUT2D eigenvalue weighted by Crippen LogP contribution is 2.31. The third kappa shape index (κ3) is 0.920. The van der Waals surface area contributed by atoms with Gasteiger partial charge in [0.1, 0.15) is 11.6 Å².